The molecule has 7 atom stereocenters. The number of fused-ring (bicyclic) bond motifs is 1. The van der Waals surface area contributed by atoms with E-state index in [-0.39, 0.29) is 36.2 Å². The molecule has 0 aromatic heterocycles. The zero-order valence-corrected chi connectivity index (χ0v) is 23.4. The summed E-state index contributed by atoms with van der Waals surface area (Å²) in [4.78, 5) is 45.9. The normalized spacial score (nSPS) is 34.8. The van der Waals surface area contributed by atoms with Crippen LogP contribution in [0.2, 0.25) is 0 Å². The highest BCUT2D eigenvalue weighted by Crippen LogP contribution is 2.65. The summed E-state index contributed by atoms with van der Waals surface area (Å²) in [6.45, 7) is 11.6. The fourth-order valence-corrected chi connectivity index (χ4v) is 7.35. The Kier molecular flexibility index (Phi) is 7.76. The van der Waals surface area contributed by atoms with Gasteiger partial charge in [-0.1, -0.05) is 39.0 Å². The number of nitrogens with zero attached hydrogens (tertiary/aromatic N) is 2. The Morgan fingerprint density at radius 2 is 1.85 bits per heavy atom. The van der Waals surface area contributed by atoms with Crippen LogP contribution in [0.4, 0.5) is 5.69 Å². The summed E-state index contributed by atoms with van der Waals surface area (Å²) in [6, 6.07) is 7.66. The van der Waals surface area contributed by atoms with E-state index in [4.69, 9.17) is 9.47 Å². The number of hydrogen-bond acceptors (Lipinski definition) is 7. The number of para-hydroxylation sites is 1. The number of amides is 3. The van der Waals surface area contributed by atoms with Gasteiger partial charge in [0.05, 0.1) is 43.3 Å². The first kappa shape index (κ1) is 28.0. The van der Waals surface area contributed by atoms with E-state index < -0.39 is 35.1 Å². The summed E-state index contributed by atoms with van der Waals surface area (Å²) in [7, 11) is 0. The largest absolute Gasteiger partial charge is 0.394 e. The molecule has 10 heteroatoms. The van der Waals surface area contributed by atoms with Gasteiger partial charge in [0.1, 0.15) is 11.6 Å². The van der Waals surface area contributed by atoms with E-state index in [1.54, 1.807) is 4.90 Å². The molecule has 0 saturated carbocycles. The van der Waals surface area contributed by atoms with Gasteiger partial charge in [0, 0.05) is 31.9 Å². The van der Waals surface area contributed by atoms with Gasteiger partial charge >= 0.3 is 0 Å². The first-order valence-electron chi connectivity index (χ1n) is 14.2. The van der Waals surface area contributed by atoms with Crippen molar-refractivity contribution in [1.82, 2.24) is 15.1 Å². The number of likely N-dealkylation sites (tertiary alicyclic amines) is 1. The summed E-state index contributed by atoms with van der Waals surface area (Å²) >= 11 is 0. The fraction of sp³-hybridized carbons (Fsp3) is 0.690. The number of aliphatic hydroxyl groups excluding tert-OH is 1. The van der Waals surface area contributed by atoms with Crippen LogP contribution in [0.15, 0.2) is 30.3 Å². The summed E-state index contributed by atoms with van der Waals surface area (Å²) in [5.41, 5.74) is -1.40. The number of hydrogen-bond donors (Lipinski definition) is 3. The molecule has 2 bridgehead atoms. The first-order valence-corrected chi connectivity index (χ1v) is 14.2. The van der Waals surface area contributed by atoms with E-state index in [9.17, 15) is 19.5 Å². The predicted octanol–water partition coefficient (Wildman–Crippen LogP) is 1.10. The third-order valence-electron chi connectivity index (χ3n) is 9.47. The van der Waals surface area contributed by atoms with Gasteiger partial charge in [-0.25, -0.2) is 0 Å². The Hall–Kier alpha value is -2.53. The van der Waals surface area contributed by atoms with Gasteiger partial charge in [-0.3, -0.25) is 19.3 Å². The number of rotatable bonds is 9. The molecule has 4 fully saturated rings. The number of nitrogens with one attached hydrogen (secondary N) is 2. The number of aliphatic hydroxyl groups is 1. The van der Waals surface area contributed by atoms with E-state index in [0.29, 0.717) is 38.4 Å². The minimum Gasteiger partial charge on any atom is -0.394 e. The lowest BCUT2D eigenvalue weighted by molar-refractivity contribution is -0.151. The monoisotopic (exact) mass is 542 g/mol. The van der Waals surface area contributed by atoms with Crippen molar-refractivity contribution in [1.29, 1.82) is 0 Å². The zero-order valence-electron chi connectivity index (χ0n) is 23.4. The Labute approximate surface area is 230 Å². The smallest absolute Gasteiger partial charge is 0.245 e. The Bertz CT molecular complexity index is 1080. The molecule has 4 aliphatic heterocycles. The number of morpholine rings is 1. The molecule has 3 unspecified atom stereocenters. The first-order chi connectivity index (χ1) is 18.6. The van der Waals surface area contributed by atoms with Crippen molar-refractivity contribution in [2.75, 3.05) is 51.3 Å². The lowest BCUT2D eigenvalue weighted by Gasteiger charge is -2.38. The summed E-state index contributed by atoms with van der Waals surface area (Å²) in [5, 5.41) is 16.4. The summed E-state index contributed by atoms with van der Waals surface area (Å²) in [6.07, 6.45) is 0.489. The van der Waals surface area contributed by atoms with Gasteiger partial charge in [-0.15, -0.1) is 0 Å². The van der Waals surface area contributed by atoms with Crippen LogP contribution < -0.4 is 10.6 Å². The average Bonchev–Trinajstić information content (AvgIpc) is 3.42. The molecule has 4 saturated heterocycles. The van der Waals surface area contributed by atoms with E-state index in [2.05, 4.69) is 15.5 Å². The fourth-order valence-electron chi connectivity index (χ4n) is 7.35. The highest BCUT2D eigenvalue weighted by molar-refractivity contribution is 6.02. The van der Waals surface area contributed by atoms with Crippen molar-refractivity contribution in [2.24, 2.45) is 23.7 Å². The van der Waals surface area contributed by atoms with Crippen LogP contribution in [-0.4, -0.2) is 102 Å². The minimum absolute atomic E-state index is 0.0525. The van der Waals surface area contributed by atoms with E-state index in [0.717, 1.165) is 13.1 Å². The summed E-state index contributed by atoms with van der Waals surface area (Å²) < 4.78 is 12.2. The molecule has 39 heavy (non-hydrogen) atoms. The second kappa shape index (κ2) is 10.8. The Morgan fingerprint density at radius 1 is 1.15 bits per heavy atom. The van der Waals surface area contributed by atoms with Crippen molar-refractivity contribution < 1.29 is 29.0 Å². The molecule has 0 aliphatic carbocycles. The van der Waals surface area contributed by atoms with Crippen molar-refractivity contribution >= 4 is 23.4 Å². The molecule has 0 radical (unpaired) electrons. The van der Waals surface area contributed by atoms with Gasteiger partial charge in [0.15, 0.2) is 0 Å². The Morgan fingerprint density at radius 3 is 2.49 bits per heavy atom. The van der Waals surface area contributed by atoms with Crippen LogP contribution in [0.5, 0.6) is 0 Å². The van der Waals surface area contributed by atoms with Crippen LogP contribution >= 0.6 is 0 Å². The van der Waals surface area contributed by atoms with Crippen molar-refractivity contribution in [3.63, 3.8) is 0 Å². The Balaban J connectivity index is 1.46. The lowest BCUT2D eigenvalue weighted by atomic mass is 9.62. The molecule has 1 aromatic rings. The van der Waals surface area contributed by atoms with E-state index >= 15 is 0 Å². The number of anilines is 1. The molecular formula is C29H42N4O6. The second-order valence-electron chi connectivity index (χ2n) is 12.0. The molecule has 4 aliphatic rings. The van der Waals surface area contributed by atoms with E-state index in [1.807, 2.05) is 58.0 Å². The molecule has 4 heterocycles. The topological polar surface area (TPSA) is 120 Å². The number of carbonyl (C=O) groups is 3. The van der Waals surface area contributed by atoms with Crippen LogP contribution in [0.25, 0.3) is 0 Å². The standard InChI is InChI=1S/C29H42N4O6/c1-18(2)21(17-34)33-24(26(36)30-10-11-32-12-14-38-15-13-32)29-16-19(3)28(4,39-29)22(23(29)27(33)37)25(35)31-20-8-6-5-7-9-20/h5-9,18-19,21-24,34H,10-17H2,1-4H3,(H,30,36)(H,31,35)/t19?,21-,22-,23-,24?,28+,29?/m0/s1. The number of benzene rings is 1. The molecular weight excluding hydrogens is 500 g/mol. The number of ether oxygens (including phenoxy) is 2. The molecule has 1 spiro atoms. The third-order valence-corrected chi connectivity index (χ3v) is 9.47. The van der Waals surface area contributed by atoms with Gasteiger partial charge in [0.2, 0.25) is 17.7 Å². The van der Waals surface area contributed by atoms with Crippen molar-refractivity contribution in [3.8, 4) is 0 Å². The third kappa shape index (κ3) is 4.65. The van der Waals surface area contributed by atoms with Gasteiger partial charge < -0.3 is 30.1 Å². The van der Waals surface area contributed by atoms with Crippen LogP contribution in [0.3, 0.4) is 0 Å². The quantitative estimate of drug-likeness (QED) is 0.428. The molecule has 214 valence electrons. The van der Waals surface area contributed by atoms with Crippen LogP contribution in [-0.2, 0) is 23.9 Å². The average molecular weight is 543 g/mol. The molecule has 3 amide bonds. The highest BCUT2D eigenvalue weighted by Gasteiger charge is 2.80. The predicted molar refractivity (Wildman–Crippen MR) is 145 cm³/mol. The van der Waals surface area contributed by atoms with Gasteiger partial charge in [0.25, 0.3) is 0 Å². The van der Waals surface area contributed by atoms with Crippen LogP contribution in [0.1, 0.15) is 34.1 Å². The van der Waals surface area contributed by atoms with Gasteiger partial charge in [-0.2, -0.15) is 0 Å². The number of carbonyl (C=O) groups excluding carboxylic acids is 3. The maximum absolute atomic E-state index is 14.3. The van der Waals surface area contributed by atoms with Crippen molar-refractivity contribution in [2.45, 2.75) is 57.4 Å². The minimum atomic E-state index is -1.14. The molecule has 3 N–H and O–H groups in total. The molecule has 10 nitrogen and oxygen atoms in total. The maximum atomic E-state index is 14.3. The second-order valence-corrected chi connectivity index (χ2v) is 12.0. The highest BCUT2D eigenvalue weighted by atomic mass is 16.5. The molecule has 5 rings (SSSR count). The summed E-state index contributed by atoms with van der Waals surface area (Å²) in [5.74, 6) is -2.60. The molecule has 1 aromatic carbocycles. The van der Waals surface area contributed by atoms with Crippen molar-refractivity contribution in [3.05, 3.63) is 30.3 Å². The SMILES string of the molecule is CC(C)[C@H](CO)N1C(=O)[C@@H]2[C@@H](C(=O)Nc3ccccc3)[C@]3(C)OC2(CC3C)C1C(=O)NCCN1CCOCC1. The maximum Gasteiger partial charge on any atom is 0.245 e. The van der Waals surface area contributed by atoms with Crippen LogP contribution in [0, 0.1) is 23.7 Å². The van der Waals surface area contributed by atoms with E-state index in [1.165, 1.54) is 0 Å². The van der Waals surface area contributed by atoms with Gasteiger partial charge in [-0.05, 0) is 37.3 Å². The lowest BCUT2D eigenvalue weighted by Crippen LogP contribution is -2.59. The zero-order chi connectivity index (χ0) is 27.9.